The Balaban J connectivity index is 2.28. The van der Waals surface area contributed by atoms with Crippen molar-refractivity contribution in [3.63, 3.8) is 0 Å². The minimum absolute atomic E-state index is 0.0664. The molecular weight excluding hydrogens is 286 g/mol. The highest BCUT2D eigenvalue weighted by molar-refractivity contribution is 5.81. The highest BCUT2D eigenvalue weighted by atomic mass is 16.5. The van der Waals surface area contributed by atoms with Crippen LogP contribution in [0, 0.1) is 11.8 Å². The van der Waals surface area contributed by atoms with E-state index in [0.29, 0.717) is 13.0 Å². The number of carboxylic acid groups (broad SMARTS) is 1. The van der Waals surface area contributed by atoms with Crippen LogP contribution >= 0.6 is 0 Å². The average molecular weight is 315 g/mol. The van der Waals surface area contributed by atoms with E-state index >= 15 is 0 Å². The molecule has 0 radical (unpaired) electrons. The van der Waals surface area contributed by atoms with Gasteiger partial charge < -0.3 is 19.9 Å². The standard InChI is InChI=1S/C16H29NO5/c1-11(2)8-13(16(19)20)9-17-15(18)12(3)22-10-14-6-4-5-7-21-14/h11-14H,4-10H2,1-3H3,(H,17,18)(H,19,20). The van der Waals surface area contributed by atoms with Gasteiger partial charge in [-0.3, -0.25) is 9.59 Å². The molecule has 1 aliphatic heterocycles. The fourth-order valence-corrected chi connectivity index (χ4v) is 2.47. The van der Waals surface area contributed by atoms with Crippen LogP contribution in [0.25, 0.3) is 0 Å². The Morgan fingerprint density at radius 1 is 1.32 bits per heavy atom. The minimum atomic E-state index is -0.877. The smallest absolute Gasteiger partial charge is 0.308 e. The summed E-state index contributed by atoms with van der Waals surface area (Å²) in [6.07, 6.45) is 3.18. The van der Waals surface area contributed by atoms with Gasteiger partial charge in [0.25, 0.3) is 0 Å². The summed E-state index contributed by atoms with van der Waals surface area (Å²) in [6.45, 7) is 6.91. The lowest BCUT2D eigenvalue weighted by Crippen LogP contribution is -2.40. The molecule has 6 nitrogen and oxygen atoms in total. The molecule has 3 atom stereocenters. The van der Waals surface area contributed by atoms with E-state index in [-0.39, 0.29) is 24.5 Å². The molecule has 0 saturated carbocycles. The van der Waals surface area contributed by atoms with Crippen LogP contribution in [0.1, 0.15) is 46.5 Å². The van der Waals surface area contributed by atoms with Crippen LogP contribution < -0.4 is 5.32 Å². The van der Waals surface area contributed by atoms with Crippen molar-refractivity contribution in [3.8, 4) is 0 Å². The average Bonchev–Trinajstić information content (AvgIpc) is 2.49. The van der Waals surface area contributed by atoms with Gasteiger partial charge in [0.2, 0.25) is 5.91 Å². The van der Waals surface area contributed by atoms with Crippen LogP contribution in [-0.4, -0.2) is 48.9 Å². The molecule has 6 heteroatoms. The first-order valence-corrected chi connectivity index (χ1v) is 8.13. The number of carbonyl (C=O) groups is 2. The number of carbonyl (C=O) groups excluding carboxylic acids is 1. The Kier molecular flexibility index (Phi) is 8.42. The Morgan fingerprint density at radius 3 is 2.59 bits per heavy atom. The zero-order valence-electron chi connectivity index (χ0n) is 13.8. The van der Waals surface area contributed by atoms with Gasteiger partial charge in [0, 0.05) is 13.2 Å². The SMILES string of the molecule is CC(C)CC(CNC(=O)C(C)OCC1CCCCO1)C(=O)O. The maximum absolute atomic E-state index is 12.0. The van der Waals surface area contributed by atoms with Crippen molar-refractivity contribution in [2.24, 2.45) is 11.8 Å². The number of rotatable bonds is 9. The highest BCUT2D eigenvalue weighted by Gasteiger charge is 2.22. The summed E-state index contributed by atoms with van der Waals surface area (Å²) >= 11 is 0. The Morgan fingerprint density at radius 2 is 2.05 bits per heavy atom. The lowest BCUT2D eigenvalue weighted by molar-refractivity contribution is -0.142. The molecule has 1 rings (SSSR count). The quantitative estimate of drug-likeness (QED) is 0.678. The summed E-state index contributed by atoms with van der Waals surface area (Å²) < 4.78 is 11.1. The van der Waals surface area contributed by atoms with E-state index in [1.165, 1.54) is 0 Å². The first-order chi connectivity index (χ1) is 10.4. The van der Waals surface area contributed by atoms with Gasteiger partial charge in [-0.05, 0) is 38.5 Å². The fourth-order valence-electron chi connectivity index (χ4n) is 2.47. The first-order valence-electron chi connectivity index (χ1n) is 8.13. The second kappa shape index (κ2) is 9.79. The van der Waals surface area contributed by atoms with Crippen molar-refractivity contribution in [2.45, 2.75) is 58.7 Å². The predicted molar refractivity (Wildman–Crippen MR) is 82.6 cm³/mol. The van der Waals surface area contributed by atoms with E-state index in [1.807, 2.05) is 13.8 Å². The molecule has 1 aliphatic rings. The summed E-state index contributed by atoms with van der Waals surface area (Å²) in [5.41, 5.74) is 0. The summed E-state index contributed by atoms with van der Waals surface area (Å²) in [4.78, 5) is 23.1. The summed E-state index contributed by atoms with van der Waals surface area (Å²) in [6, 6.07) is 0. The summed E-state index contributed by atoms with van der Waals surface area (Å²) in [5.74, 6) is -1.43. The molecule has 0 spiro atoms. The molecule has 0 aromatic rings. The van der Waals surface area contributed by atoms with Crippen LogP contribution in [0.2, 0.25) is 0 Å². The van der Waals surface area contributed by atoms with Crippen molar-refractivity contribution in [3.05, 3.63) is 0 Å². The molecule has 1 fully saturated rings. The van der Waals surface area contributed by atoms with E-state index in [4.69, 9.17) is 14.6 Å². The van der Waals surface area contributed by atoms with Gasteiger partial charge in [0.1, 0.15) is 6.10 Å². The number of hydrogen-bond acceptors (Lipinski definition) is 4. The Bertz CT molecular complexity index is 352. The third kappa shape index (κ3) is 7.22. The van der Waals surface area contributed by atoms with Gasteiger partial charge in [-0.25, -0.2) is 0 Å². The third-order valence-corrected chi connectivity index (χ3v) is 3.80. The topological polar surface area (TPSA) is 84.9 Å². The van der Waals surface area contributed by atoms with E-state index in [9.17, 15) is 9.59 Å². The largest absolute Gasteiger partial charge is 0.481 e. The van der Waals surface area contributed by atoms with E-state index in [0.717, 1.165) is 25.9 Å². The van der Waals surface area contributed by atoms with Crippen molar-refractivity contribution in [2.75, 3.05) is 19.8 Å². The molecular formula is C16H29NO5. The van der Waals surface area contributed by atoms with Gasteiger partial charge in [-0.1, -0.05) is 13.8 Å². The van der Waals surface area contributed by atoms with E-state index < -0.39 is 18.0 Å². The second-order valence-electron chi connectivity index (χ2n) is 6.37. The van der Waals surface area contributed by atoms with Crippen LogP contribution in [0.4, 0.5) is 0 Å². The normalized spacial score (nSPS) is 21.4. The zero-order valence-corrected chi connectivity index (χ0v) is 13.8. The van der Waals surface area contributed by atoms with Crippen LogP contribution in [0.3, 0.4) is 0 Å². The molecule has 3 unspecified atom stereocenters. The van der Waals surface area contributed by atoms with E-state index in [2.05, 4.69) is 5.32 Å². The molecule has 0 aromatic carbocycles. The maximum Gasteiger partial charge on any atom is 0.308 e. The Hall–Kier alpha value is -1.14. The van der Waals surface area contributed by atoms with Crippen LogP contribution in [-0.2, 0) is 19.1 Å². The minimum Gasteiger partial charge on any atom is -0.481 e. The van der Waals surface area contributed by atoms with E-state index in [1.54, 1.807) is 6.92 Å². The van der Waals surface area contributed by atoms with Crippen molar-refractivity contribution in [1.82, 2.24) is 5.32 Å². The molecule has 2 N–H and O–H groups in total. The van der Waals surface area contributed by atoms with Gasteiger partial charge in [-0.2, -0.15) is 0 Å². The molecule has 128 valence electrons. The lowest BCUT2D eigenvalue weighted by Gasteiger charge is -2.24. The molecule has 1 heterocycles. The molecule has 0 aromatic heterocycles. The number of nitrogens with one attached hydrogen (secondary N) is 1. The van der Waals surface area contributed by atoms with Crippen LogP contribution in [0.5, 0.6) is 0 Å². The van der Waals surface area contributed by atoms with Gasteiger partial charge >= 0.3 is 5.97 Å². The number of aliphatic carboxylic acids is 1. The third-order valence-electron chi connectivity index (χ3n) is 3.80. The van der Waals surface area contributed by atoms with Crippen molar-refractivity contribution >= 4 is 11.9 Å². The molecule has 22 heavy (non-hydrogen) atoms. The fraction of sp³-hybridized carbons (Fsp3) is 0.875. The summed E-state index contributed by atoms with van der Waals surface area (Å²) in [5, 5.41) is 11.8. The molecule has 1 saturated heterocycles. The highest BCUT2D eigenvalue weighted by Crippen LogP contribution is 2.14. The van der Waals surface area contributed by atoms with Gasteiger partial charge in [0.15, 0.2) is 0 Å². The predicted octanol–water partition coefficient (Wildman–Crippen LogP) is 1.82. The zero-order chi connectivity index (χ0) is 16.5. The maximum atomic E-state index is 12.0. The number of ether oxygens (including phenoxy) is 2. The second-order valence-corrected chi connectivity index (χ2v) is 6.37. The van der Waals surface area contributed by atoms with Gasteiger partial charge in [-0.15, -0.1) is 0 Å². The Labute approximate surface area is 132 Å². The van der Waals surface area contributed by atoms with Crippen LogP contribution in [0.15, 0.2) is 0 Å². The van der Waals surface area contributed by atoms with Crippen molar-refractivity contribution < 1.29 is 24.2 Å². The summed E-state index contributed by atoms with van der Waals surface area (Å²) in [7, 11) is 0. The number of amides is 1. The molecule has 1 amide bonds. The first kappa shape index (κ1) is 18.9. The van der Waals surface area contributed by atoms with Crippen molar-refractivity contribution in [1.29, 1.82) is 0 Å². The monoisotopic (exact) mass is 315 g/mol. The molecule has 0 aliphatic carbocycles. The molecule has 0 bridgehead atoms. The number of carboxylic acids is 1. The van der Waals surface area contributed by atoms with Gasteiger partial charge in [0.05, 0.1) is 18.6 Å². The number of hydrogen-bond donors (Lipinski definition) is 2. The lowest BCUT2D eigenvalue weighted by atomic mass is 9.97.